The summed E-state index contributed by atoms with van der Waals surface area (Å²) in [5.41, 5.74) is 2.02. The number of aromatic nitrogens is 2. The van der Waals surface area contributed by atoms with Crippen LogP contribution < -0.4 is 14.8 Å². The molecule has 8 heteroatoms. The van der Waals surface area contributed by atoms with Crippen molar-refractivity contribution < 1.29 is 14.3 Å². The first-order valence-electron chi connectivity index (χ1n) is 9.91. The minimum absolute atomic E-state index is 0.0996. The van der Waals surface area contributed by atoms with E-state index in [2.05, 4.69) is 22.2 Å². The van der Waals surface area contributed by atoms with E-state index in [9.17, 15) is 4.79 Å². The molecule has 1 aliphatic rings. The lowest BCUT2D eigenvalue weighted by Gasteiger charge is -2.18. The zero-order chi connectivity index (χ0) is 21.3. The fraction of sp³-hybridized carbons (Fsp3) is 0.409. The molecule has 0 bridgehead atoms. The molecule has 0 radical (unpaired) electrons. The van der Waals surface area contributed by atoms with Gasteiger partial charge in [0.1, 0.15) is 27.2 Å². The molecule has 30 heavy (non-hydrogen) atoms. The zero-order valence-electron chi connectivity index (χ0n) is 17.6. The molecule has 0 saturated carbocycles. The van der Waals surface area contributed by atoms with Crippen LogP contribution in [0.15, 0.2) is 23.2 Å². The molecule has 0 saturated heterocycles. The Morgan fingerprint density at radius 3 is 2.67 bits per heavy atom. The molecule has 1 N–H and O–H groups in total. The van der Waals surface area contributed by atoms with Crippen LogP contribution in [0.1, 0.15) is 29.6 Å². The van der Waals surface area contributed by atoms with Crippen LogP contribution in [0.25, 0.3) is 10.2 Å². The van der Waals surface area contributed by atoms with E-state index < -0.39 is 0 Å². The molecule has 1 aliphatic carbocycles. The summed E-state index contributed by atoms with van der Waals surface area (Å²) in [6, 6.07) is 5.31. The van der Waals surface area contributed by atoms with E-state index in [1.54, 1.807) is 43.8 Å². The number of anilines is 1. The van der Waals surface area contributed by atoms with E-state index in [0.29, 0.717) is 23.1 Å². The van der Waals surface area contributed by atoms with Gasteiger partial charge >= 0.3 is 0 Å². The van der Waals surface area contributed by atoms with E-state index in [1.165, 1.54) is 28.6 Å². The van der Waals surface area contributed by atoms with Crippen LogP contribution in [-0.4, -0.2) is 35.8 Å². The second kappa shape index (κ2) is 8.81. The Kier molecular flexibility index (Phi) is 6.15. The third kappa shape index (κ3) is 4.39. The Labute approximate surface area is 184 Å². The number of carbonyl (C=O) groups excluding carboxylic acids is 1. The monoisotopic (exact) mass is 443 g/mol. The highest BCUT2D eigenvalue weighted by atomic mass is 32.2. The third-order valence-corrected chi connectivity index (χ3v) is 7.33. The molecule has 2 aromatic heterocycles. The number of thioether (sulfide) groups is 1. The van der Waals surface area contributed by atoms with Crippen LogP contribution in [0.2, 0.25) is 0 Å². The number of rotatable bonds is 6. The number of hydrogen-bond donors (Lipinski definition) is 1. The molecule has 0 spiro atoms. The number of nitrogens with zero attached hydrogens (tertiary/aromatic N) is 2. The van der Waals surface area contributed by atoms with Crippen molar-refractivity contribution in [1.29, 1.82) is 0 Å². The Morgan fingerprint density at radius 1 is 1.23 bits per heavy atom. The van der Waals surface area contributed by atoms with Crippen LogP contribution in [0.4, 0.5) is 5.69 Å². The molecule has 0 unspecified atom stereocenters. The van der Waals surface area contributed by atoms with Gasteiger partial charge in [-0.1, -0.05) is 18.7 Å². The minimum atomic E-state index is -0.0996. The summed E-state index contributed by atoms with van der Waals surface area (Å²) in [6.07, 6.45) is 3.36. The molecule has 1 amide bonds. The number of hydrogen-bond acceptors (Lipinski definition) is 7. The predicted octanol–water partition coefficient (Wildman–Crippen LogP) is 4.87. The normalized spacial score (nSPS) is 15.7. The first-order valence-corrected chi connectivity index (χ1v) is 11.7. The average Bonchev–Trinajstić information content (AvgIpc) is 3.08. The molecule has 1 aromatic carbocycles. The van der Waals surface area contributed by atoms with Crippen molar-refractivity contribution in [3.63, 3.8) is 0 Å². The Morgan fingerprint density at radius 2 is 1.97 bits per heavy atom. The van der Waals surface area contributed by atoms with E-state index in [4.69, 9.17) is 9.47 Å². The lowest BCUT2D eigenvalue weighted by atomic mass is 9.89. The molecule has 1 atom stereocenters. The van der Waals surface area contributed by atoms with Crippen molar-refractivity contribution in [2.45, 2.75) is 38.1 Å². The first-order chi connectivity index (χ1) is 14.5. The molecular weight excluding hydrogens is 418 g/mol. The summed E-state index contributed by atoms with van der Waals surface area (Å²) in [4.78, 5) is 24.4. The maximum absolute atomic E-state index is 12.6. The summed E-state index contributed by atoms with van der Waals surface area (Å²) in [7, 11) is 3.17. The Hall–Kier alpha value is -2.32. The highest BCUT2D eigenvalue weighted by Gasteiger charge is 2.24. The number of nitrogens with one attached hydrogen (secondary N) is 1. The fourth-order valence-corrected chi connectivity index (χ4v) is 6.12. The zero-order valence-corrected chi connectivity index (χ0v) is 19.2. The maximum Gasteiger partial charge on any atom is 0.234 e. The van der Waals surface area contributed by atoms with E-state index >= 15 is 0 Å². The SMILES string of the molecule is COc1cc(NC(=O)CSc2nc(C)nc3sc4c(c23)CC[C@@H](C)C4)cc(OC)c1. The minimum Gasteiger partial charge on any atom is -0.497 e. The largest absolute Gasteiger partial charge is 0.497 e. The summed E-state index contributed by atoms with van der Waals surface area (Å²) >= 11 is 3.25. The third-order valence-electron chi connectivity index (χ3n) is 5.21. The van der Waals surface area contributed by atoms with Crippen molar-refractivity contribution >= 4 is 44.9 Å². The van der Waals surface area contributed by atoms with Crippen LogP contribution in [0.3, 0.4) is 0 Å². The van der Waals surface area contributed by atoms with Gasteiger partial charge in [-0.05, 0) is 37.7 Å². The number of methoxy groups -OCH3 is 2. The summed E-state index contributed by atoms with van der Waals surface area (Å²) in [6.45, 7) is 4.21. The summed E-state index contributed by atoms with van der Waals surface area (Å²) < 4.78 is 10.5. The Bertz CT molecular complexity index is 1070. The lowest BCUT2D eigenvalue weighted by Crippen LogP contribution is -2.14. The van der Waals surface area contributed by atoms with Gasteiger partial charge in [-0.2, -0.15) is 0 Å². The standard InChI is InChI=1S/C22H25N3O3S2/c1-12-5-6-17-18(7-12)30-22-20(17)21(23-13(2)24-22)29-11-19(26)25-14-8-15(27-3)10-16(9-14)28-4/h8-10,12H,5-7,11H2,1-4H3,(H,25,26)/t12-/m1/s1. The molecule has 2 heterocycles. The van der Waals surface area contributed by atoms with E-state index in [1.807, 2.05) is 6.92 Å². The smallest absolute Gasteiger partial charge is 0.234 e. The van der Waals surface area contributed by atoms with Gasteiger partial charge in [0.15, 0.2) is 0 Å². The van der Waals surface area contributed by atoms with Gasteiger partial charge in [0, 0.05) is 34.1 Å². The summed E-state index contributed by atoms with van der Waals surface area (Å²) in [5, 5.41) is 4.98. The number of fused-ring (bicyclic) bond motifs is 3. The predicted molar refractivity (Wildman–Crippen MR) is 122 cm³/mol. The van der Waals surface area contributed by atoms with Gasteiger partial charge in [0.25, 0.3) is 0 Å². The topological polar surface area (TPSA) is 73.3 Å². The van der Waals surface area contributed by atoms with Crippen LogP contribution in [0.5, 0.6) is 11.5 Å². The van der Waals surface area contributed by atoms with Crippen molar-refractivity contribution in [2.24, 2.45) is 5.92 Å². The number of ether oxygens (including phenoxy) is 2. The van der Waals surface area contributed by atoms with Gasteiger partial charge in [-0.25, -0.2) is 9.97 Å². The van der Waals surface area contributed by atoms with Crippen molar-refractivity contribution in [3.05, 3.63) is 34.5 Å². The van der Waals surface area contributed by atoms with Gasteiger partial charge in [0.05, 0.1) is 20.0 Å². The highest BCUT2D eigenvalue weighted by Crippen LogP contribution is 2.41. The number of thiophene rings is 1. The molecule has 158 valence electrons. The van der Waals surface area contributed by atoms with Crippen LogP contribution in [-0.2, 0) is 17.6 Å². The van der Waals surface area contributed by atoms with Crippen molar-refractivity contribution in [2.75, 3.05) is 25.3 Å². The quantitative estimate of drug-likeness (QED) is 0.433. The first kappa shape index (κ1) is 20.9. The van der Waals surface area contributed by atoms with Gasteiger partial charge < -0.3 is 14.8 Å². The average molecular weight is 444 g/mol. The molecular formula is C22H25N3O3S2. The van der Waals surface area contributed by atoms with Gasteiger partial charge in [-0.15, -0.1) is 11.3 Å². The van der Waals surface area contributed by atoms with E-state index in [-0.39, 0.29) is 11.7 Å². The molecule has 3 aromatic rings. The second-order valence-corrected chi connectivity index (χ2v) is 9.59. The lowest BCUT2D eigenvalue weighted by molar-refractivity contribution is -0.113. The van der Waals surface area contributed by atoms with Crippen molar-refractivity contribution in [3.8, 4) is 11.5 Å². The molecule has 0 aliphatic heterocycles. The molecule has 0 fully saturated rings. The highest BCUT2D eigenvalue weighted by molar-refractivity contribution is 8.00. The molecule has 6 nitrogen and oxygen atoms in total. The van der Waals surface area contributed by atoms with Crippen LogP contribution >= 0.6 is 23.1 Å². The number of carbonyl (C=O) groups is 1. The van der Waals surface area contributed by atoms with Gasteiger partial charge in [-0.3, -0.25) is 4.79 Å². The number of aryl methyl sites for hydroxylation is 2. The second-order valence-electron chi connectivity index (χ2n) is 7.55. The number of amides is 1. The van der Waals surface area contributed by atoms with E-state index in [0.717, 1.165) is 33.9 Å². The maximum atomic E-state index is 12.6. The Balaban J connectivity index is 1.53. The van der Waals surface area contributed by atoms with Crippen molar-refractivity contribution in [1.82, 2.24) is 9.97 Å². The molecule has 4 rings (SSSR count). The summed E-state index contributed by atoms with van der Waals surface area (Å²) in [5.74, 6) is 2.88. The fourth-order valence-electron chi connectivity index (χ4n) is 3.73. The number of benzene rings is 1. The van der Waals surface area contributed by atoms with Gasteiger partial charge in [0.2, 0.25) is 5.91 Å². The van der Waals surface area contributed by atoms with Crippen LogP contribution in [0, 0.1) is 12.8 Å².